The number of carbonyl (C=O) groups is 1. The summed E-state index contributed by atoms with van der Waals surface area (Å²) in [5.41, 5.74) is -1.55. The van der Waals surface area contributed by atoms with Crippen molar-refractivity contribution in [3.05, 3.63) is 24.3 Å². The predicted molar refractivity (Wildman–Crippen MR) is 48.1 cm³/mol. The smallest absolute Gasteiger partial charge is 0.244 e. The molecule has 1 unspecified atom stereocenters. The maximum atomic E-state index is 13.9. The third-order valence-corrected chi connectivity index (χ3v) is 1.96. The third kappa shape index (κ3) is 1.35. The SMILES string of the molecule is O=C1N=CC(C2(F)C=CC=CC2)=N1. The zero-order chi connectivity index (χ0) is 9.31. The lowest BCUT2D eigenvalue weighted by molar-refractivity contribution is 0.257. The third-order valence-electron chi connectivity index (χ3n) is 1.96. The van der Waals surface area contributed by atoms with Gasteiger partial charge in [0.15, 0.2) is 5.67 Å². The van der Waals surface area contributed by atoms with Gasteiger partial charge in [-0.25, -0.2) is 9.18 Å². The van der Waals surface area contributed by atoms with E-state index in [2.05, 4.69) is 9.98 Å². The summed E-state index contributed by atoms with van der Waals surface area (Å²) in [5, 5.41) is 0. The second-order valence-electron chi connectivity index (χ2n) is 2.89. The number of allylic oxidation sites excluding steroid dienone is 4. The first-order chi connectivity index (χ1) is 6.21. The van der Waals surface area contributed by atoms with E-state index in [0.717, 1.165) is 0 Å². The van der Waals surface area contributed by atoms with E-state index < -0.39 is 11.7 Å². The molecule has 0 saturated heterocycles. The Hall–Kier alpha value is -1.58. The van der Waals surface area contributed by atoms with Crippen LogP contribution in [0.25, 0.3) is 0 Å². The van der Waals surface area contributed by atoms with Crippen molar-refractivity contribution in [2.75, 3.05) is 0 Å². The van der Waals surface area contributed by atoms with Gasteiger partial charge in [0.25, 0.3) is 0 Å². The van der Waals surface area contributed by atoms with Gasteiger partial charge in [-0.05, 0) is 6.08 Å². The number of alkyl halides is 1. The van der Waals surface area contributed by atoms with Crippen LogP contribution in [0.1, 0.15) is 6.42 Å². The number of nitrogens with zero attached hydrogens (tertiary/aromatic N) is 2. The monoisotopic (exact) mass is 178 g/mol. The molecule has 2 rings (SSSR count). The van der Waals surface area contributed by atoms with Crippen molar-refractivity contribution in [2.45, 2.75) is 12.1 Å². The van der Waals surface area contributed by atoms with E-state index in [-0.39, 0.29) is 12.1 Å². The lowest BCUT2D eigenvalue weighted by Crippen LogP contribution is -2.32. The number of aliphatic imine (C=N–C) groups is 2. The molecule has 4 heteroatoms. The van der Waals surface area contributed by atoms with Crippen LogP contribution in [0.2, 0.25) is 0 Å². The quantitative estimate of drug-likeness (QED) is 0.604. The molecule has 0 aromatic carbocycles. The number of hydrogen-bond acceptors (Lipinski definition) is 1. The number of halogens is 1. The molecule has 1 atom stereocenters. The summed E-state index contributed by atoms with van der Waals surface area (Å²) < 4.78 is 13.9. The Bertz CT molecular complexity index is 368. The molecular formula is C9H7FN2O. The highest BCUT2D eigenvalue weighted by molar-refractivity contribution is 6.41. The molecule has 0 aromatic rings. The fraction of sp³-hybridized carbons (Fsp3) is 0.222. The van der Waals surface area contributed by atoms with Crippen molar-refractivity contribution in [2.24, 2.45) is 9.98 Å². The predicted octanol–water partition coefficient (Wildman–Crippen LogP) is 1.86. The molecule has 1 aliphatic heterocycles. The molecule has 1 heterocycles. The van der Waals surface area contributed by atoms with Crippen LogP contribution in [-0.4, -0.2) is 23.6 Å². The normalized spacial score (nSPS) is 31.2. The van der Waals surface area contributed by atoms with Crippen LogP contribution in [0.5, 0.6) is 0 Å². The summed E-state index contributed by atoms with van der Waals surface area (Å²) in [6.07, 6.45) is 7.83. The molecular weight excluding hydrogens is 171 g/mol. The van der Waals surface area contributed by atoms with E-state index >= 15 is 0 Å². The number of urea groups is 1. The fourth-order valence-electron chi connectivity index (χ4n) is 1.26. The summed E-state index contributed by atoms with van der Waals surface area (Å²) in [7, 11) is 0. The van der Waals surface area contributed by atoms with Crippen LogP contribution in [0.15, 0.2) is 34.3 Å². The van der Waals surface area contributed by atoms with E-state index in [9.17, 15) is 9.18 Å². The molecule has 3 nitrogen and oxygen atoms in total. The molecule has 66 valence electrons. The minimum Gasteiger partial charge on any atom is -0.244 e. The maximum Gasteiger partial charge on any atom is 0.367 e. The van der Waals surface area contributed by atoms with E-state index in [4.69, 9.17) is 0 Å². The van der Waals surface area contributed by atoms with E-state index in [0.29, 0.717) is 0 Å². The van der Waals surface area contributed by atoms with E-state index in [1.54, 1.807) is 18.2 Å². The summed E-state index contributed by atoms with van der Waals surface area (Å²) in [5.74, 6) is 0. The van der Waals surface area contributed by atoms with Gasteiger partial charge in [0, 0.05) is 6.42 Å². The Kier molecular flexibility index (Phi) is 1.69. The Morgan fingerprint density at radius 1 is 1.46 bits per heavy atom. The topological polar surface area (TPSA) is 41.8 Å². The van der Waals surface area contributed by atoms with Gasteiger partial charge in [-0.3, -0.25) is 0 Å². The summed E-state index contributed by atoms with van der Waals surface area (Å²) >= 11 is 0. The molecule has 0 bridgehead atoms. The van der Waals surface area contributed by atoms with Gasteiger partial charge >= 0.3 is 6.03 Å². The summed E-state index contributed by atoms with van der Waals surface area (Å²) in [6.45, 7) is 0. The molecule has 0 radical (unpaired) electrons. The van der Waals surface area contributed by atoms with Crippen LogP contribution >= 0.6 is 0 Å². The highest BCUT2D eigenvalue weighted by Crippen LogP contribution is 2.25. The van der Waals surface area contributed by atoms with Gasteiger partial charge in [-0.1, -0.05) is 18.2 Å². The lowest BCUT2D eigenvalue weighted by atomic mass is 9.92. The Labute approximate surface area is 74.4 Å². The van der Waals surface area contributed by atoms with E-state index in [1.165, 1.54) is 12.3 Å². The Balaban J connectivity index is 2.31. The second kappa shape index (κ2) is 2.73. The molecule has 0 fully saturated rings. The standard InChI is InChI=1S/C9H7FN2O/c10-9(4-2-1-3-5-9)7-6-11-8(13)12-7/h1-4,6H,5H2. The Morgan fingerprint density at radius 2 is 2.31 bits per heavy atom. The van der Waals surface area contributed by atoms with Crippen LogP contribution < -0.4 is 0 Å². The first kappa shape index (κ1) is 8.04. The summed E-state index contributed by atoms with van der Waals surface area (Å²) in [4.78, 5) is 17.5. The van der Waals surface area contributed by atoms with Crippen molar-refractivity contribution >= 4 is 18.0 Å². The van der Waals surface area contributed by atoms with Gasteiger partial charge < -0.3 is 0 Å². The average molecular weight is 178 g/mol. The summed E-state index contributed by atoms with van der Waals surface area (Å²) in [6, 6.07) is -0.630. The lowest BCUT2D eigenvalue weighted by Gasteiger charge is -2.19. The van der Waals surface area contributed by atoms with Gasteiger partial charge in [0.05, 0.1) is 6.21 Å². The van der Waals surface area contributed by atoms with Gasteiger partial charge in [0.1, 0.15) is 5.71 Å². The Morgan fingerprint density at radius 3 is 2.85 bits per heavy atom. The molecule has 2 amide bonds. The molecule has 0 saturated carbocycles. The van der Waals surface area contributed by atoms with Crippen LogP contribution in [0.3, 0.4) is 0 Å². The van der Waals surface area contributed by atoms with Crippen molar-refractivity contribution in [1.29, 1.82) is 0 Å². The fourth-order valence-corrected chi connectivity index (χ4v) is 1.26. The minimum absolute atomic E-state index is 0.0955. The zero-order valence-corrected chi connectivity index (χ0v) is 6.77. The number of rotatable bonds is 1. The average Bonchev–Trinajstić information content (AvgIpc) is 2.54. The van der Waals surface area contributed by atoms with Gasteiger partial charge in [-0.2, -0.15) is 9.98 Å². The van der Waals surface area contributed by atoms with Crippen molar-refractivity contribution in [3.63, 3.8) is 0 Å². The molecule has 0 N–H and O–H groups in total. The first-order valence-electron chi connectivity index (χ1n) is 3.91. The molecule has 2 aliphatic rings. The molecule has 1 aliphatic carbocycles. The molecule has 0 spiro atoms. The number of hydrogen-bond donors (Lipinski definition) is 0. The largest absolute Gasteiger partial charge is 0.367 e. The van der Waals surface area contributed by atoms with Crippen LogP contribution in [0.4, 0.5) is 9.18 Å². The van der Waals surface area contributed by atoms with Crippen molar-refractivity contribution in [1.82, 2.24) is 0 Å². The molecule has 13 heavy (non-hydrogen) atoms. The first-order valence-corrected chi connectivity index (χ1v) is 3.91. The second-order valence-corrected chi connectivity index (χ2v) is 2.89. The highest BCUT2D eigenvalue weighted by Gasteiger charge is 2.34. The van der Waals surface area contributed by atoms with Gasteiger partial charge in [0.2, 0.25) is 0 Å². The molecule has 0 aromatic heterocycles. The zero-order valence-electron chi connectivity index (χ0n) is 6.77. The number of carbonyl (C=O) groups excluding carboxylic acids is 1. The van der Waals surface area contributed by atoms with E-state index in [1.807, 2.05) is 0 Å². The van der Waals surface area contributed by atoms with Crippen LogP contribution in [0, 0.1) is 0 Å². The van der Waals surface area contributed by atoms with Crippen molar-refractivity contribution < 1.29 is 9.18 Å². The number of amides is 2. The maximum absolute atomic E-state index is 13.9. The van der Waals surface area contributed by atoms with Crippen molar-refractivity contribution in [3.8, 4) is 0 Å². The van der Waals surface area contributed by atoms with Gasteiger partial charge in [-0.15, -0.1) is 0 Å². The highest BCUT2D eigenvalue weighted by atomic mass is 19.1. The van der Waals surface area contributed by atoms with Crippen LogP contribution in [-0.2, 0) is 0 Å². The minimum atomic E-state index is -1.65.